The van der Waals surface area contributed by atoms with Crippen LogP contribution in [0.15, 0.2) is 47.1 Å². The number of fused-ring (bicyclic) bond motifs is 1. The van der Waals surface area contributed by atoms with Crippen molar-refractivity contribution in [1.82, 2.24) is 4.90 Å². The van der Waals surface area contributed by atoms with Gasteiger partial charge >= 0.3 is 0 Å². The number of nitrogens with one attached hydrogen (secondary N) is 1. The molecule has 0 saturated heterocycles. The number of carbonyl (C=O) groups excluding carboxylic acids is 2. The van der Waals surface area contributed by atoms with Gasteiger partial charge in [0.2, 0.25) is 11.8 Å². The Morgan fingerprint density at radius 3 is 2.60 bits per heavy atom. The summed E-state index contributed by atoms with van der Waals surface area (Å²) in [5.74, 6) is 0.215. The Balaban J connectivity index is 1.72. The number of hydrogen-bond acceptors (Lipinski definition) is 4. The van der Waals surface area contributed by atoms with E-state index < -0.39 is 0 Å². The third kappa shape index (κ3) is 4.82. The lowest BCUT2D eigenvalue weighted by Gasteiger charge is -2.22. The number of benzene rings is 2. The van der Waals surface area contributed by atoms with E-state index in [1.165, 1.54) is 0 Å². The minimum absolute atomic E-state index is 0.0152. The van der Waals surface area contributed by atoms with E-state index in [2.05, 4.69) is 11.4 Å². The summed E-state index contributed by atoms with van der Waals surface area (Å²) in [6.45, 7) is 6.55. The highest BCUT2D eigenvalue weighted by atomic mass is 16.5. The predicted molar refractivity (Wildman–Crippen MR) is 118 cm³/mol. The van der Waals surface area contributed by atoms with Gasteiger partial charge in [-0.15, -0.1) is 0 Å². The molecule has 0 aliphatic rings. The van der Waals surface area contributed by atoms with Crippen LogP contribution < -0.4 is 10.1 Å². The summed E-state index contributed by atoms with van der Waals surface area (Å²) >= 11 is 0. The largest absolute Gasteiger partial charge is 0.495 e. The lowest BCUT2D eigenvalue weighted by atomic mass is 10.0. The molecule has 0 atom stereocenters. The van der Waals surface area contributed by atoms with E-state index in [9.17, 15) is 9.59 Å². The number of anilines is 1. The maximum absolute atomic E-state index is 13.0. The van der Waals surface area contributed by atoms with Crippen LogP contribution in [0.2, 0.25) is 0 Å². The van der Waals surface area contributed by atoms with Crippen LogP contribution in [0, 0.1) is 13.8 Å². The number of furan rings is 1. The molecule has 6 heteroatoms. The highest BCUT2D eigenvalue weighted by Gasteiger charge is 2.20. The van der Waals surface area contributed by atoms with E-state index >= 15 is 0 Å². The van der Waals surface area contributed by atoms with Crippen molar-refractivity contribution in [2.24, 2.45) is 0 Å². The fraction of sp³-hybridized carbons (Fsp3) is 0.333. The van der Waals surface area contributed by atoms with Gasteiger partial charge in [-0.3, -0.25) is 9.59 Å². The summed E-state index contributed by atoms with van der Waals surface area (Å²) in [4.78, 5) is 27.2. The average Bonchev–Trinajstić information content (AvgIpc) is 3.09. The van der Waals surface area contributed by atoms with Crippen molar-refractivity contribution in [3.63, 3.8) is 0 Å². The van der Waals surface area contributed by atoms with Crippen molar-refractivity contribution < 1.29 is 18.7 Å². The minimum Gasteiger partial charge on any atom is -0.495 e. The highest BCUT2D eigenvalue weighted by molar-refractivity contribution is 5.96. The van der Waals surface area contributed by atoms with Crippen LogP contribution >= 0.6 is 0 Å². The molecule has 30 heavy (non-hydrogen) atoms. The molecule has 3 aromatic rings. The maximum Gasteiger partial charge on any atom is 0.244 e. The maximum atomic E-state index is 13.0. The third-order valence-electron chi connectivity index (χ3n) is 5.17. The molecule has 0 radical (unpaired) electrons. The summed E-state index contributed by atoms with van der Waals surface area (Å²) in [6.07, 6.45) is 2.59. The van der Waals surface area contributed by atoms with Crippen molar-refractivity contribution in [2.45, 2.75) is 33.6 Å². The Kier molecular flexibility index (Phi) is 6.77. The quantitative estimate of drug-likeness (QED) is 0.597. The molecule has 2 amide bonds. The Morgan fingerprint density at radius 2 is 1.87 bits per heavy atom. The Hall–Kier alpha value is -3.28. The molecule has 0 saturated carbocycles. The van der Waals surface area contributed by atoms with Gasteiger partial charge in [0, 0.05) is 17.5 Å². The summed E-state index contributed by atoms with van der Waals surface area (Å²) in [7, 11) is 1.55. The number of hydrogen-bond donors (Lipinski definition) is 1. The first-order chi connectivity index (χ1) is 14.4. The second kappa shape index (κ2) is 9.48. The van der Waals surface area contributed by atoms with Crippen LogP contribution in [0.25, 0.3) is 11.0 Å². The molecule has 1 N–H and O–H groups in total. The van der Waals surface area contributed by atoms with Crippen LogP contribution in [-0.4, -0.2) is 36.9 Å². The molecule has 2 aromatic carbocycles. The predicted octanol–water partition coefficient (Wildman–Crippen LogP) is 4.48. The van der Waals surface area contributed by atoms with Crippen molar-refractivity contribution in [3.05, 3.63) is 59.4 Å². The van der Waals surface area contributed by atoms with Crippen molar-refractivity contribution in [1.29, 1.82) is 0 Å². The zero-order valence-corrected chi connectivity index (χ0v) is 18.0. The minimum atomic E-state index is -0.259. The summed E-state index contributed by atoms with van der Waals surface area (Å²) in [6, 6.07) is 11.2. The number of para-hydroxylation sites is 2. The molecular formula is C24H28N2O4. The van der Waals surface area contributed by atoms with Crippen LogP contribution in [-0.2, 0) is 16.0 Å². The zero-order valence-electron chi connectivity index (χ0n) is 18.0. The Labute approximate surface area is 176 Å². The van der Waals surface area contributed by atoms with Gasteiger partial charge in [-0.25, -0.2) is 0 Å². The molecule has 0 aliphatic carbocycles. The first kappa shape index (κ1) is 21.4. The topological polar surface area (TPSA) is 71.8 Å². The molecule has 1 heterocycles. The van der Waals surface area contributed by atoms with Crippen LogP contribution in [0.4, 0.5) is 5.69 Å². The molecule has 0 bridgehead atoms. The SMILES string of the molecule is CCCN(CC(=O)Nc1ccccc1OC)C(=O)Cc1coc2cc(C)c(C)cc12. The van der Waals surface area contributed by atoms with E-state index in [1.54, 1.807) is 30.4 Å². The average molecular weight is 408 g/mol. The van der Waals surface area contributed by atoms with Crippen LogP contribution in [0.3, 0.4) is 0 Å². The molecular weight excluding hydrogens is 380 g/mol. The molecule has 158 valence electrons. The number of rotatable bonds is 8. The molecule has 6 nitrogen and oxygen atoms in total. The van der Waals surface area contributed by atoms with Crippen molar-refractivity contribution >= 4 is 28.5 Å². The Bertz CT molecular complexity index is 1050. The molecule has 0 unspecified atom stereocenters. The first-order valence-electron chi connectivity index (χ1n) is 10.1. The van der Waals surface area contributed by atoms with Crippen molar-refractivity contribution in [3.8, 4) is 5.75 Å². The van der Waals surface area contributed by atoms with Crippen LogP contribution in [0.5, 0.6) is 5.75 Å². The summed E-state index contributed by atoms with van der Waals surface area (Å²) < 4.78 is 10.9. The fourth-order valence-electron chi connectivity index (χ4n) is 3.42. The van der Waals surface area contributed by atoms with E-state index in [0.717, 1.165) is 34.1 Å². The van der Waals surface area contributed by atoms with Gasteiger partial charge in [0.25, 0.3) is 0 Å². The Morgan fingerprint density at radius 1 is 1.13 bits per heavy atom. The second-order valence-electron chi connectivity index (χ2n) is 7.43. The lowest BCUT2D eigenvalue weighted by Crippen LogP contribution is -2.39. The zero-order chi connectivity index (χ0) is 21.7. The van der Waals surface area contributed by atoms with Gasteiger partial charge in [-0.2, -0.15) is 0 Å². The van der Waals surface area contributed by atoms with E-state index in [1.807, 2.05) is 39.0 Å². The molecule has 0 spiro atoms. The van der Waals surface area contributed by atoms with E-state index in [4.69, 9.17) is 9.15 Å². The first-order valence-corrected chi connectivity index (χ1v) is 10.1. The number of aryl methyl sites for hydroxylation is 2. The number of amides is 2. The van der Waals surface area contributed by atoms with Gasteiger partial charge in [-0.05, 0) is 55.7 Å². The van der Waals surface area contributed by atoms with Gasteiger partial charge in [0.1, 0.15) is 11.3 Å². The number of carbonyl (C=O) groups is 2. The van der Waals surface area contributed by atoms with Crippen molar-refractivity contribution in [2.75, 3.05) is 25.5 Å². The third-order valence-corrected chi connectivity index (χ3v) is 5.17. The standard InChI is InChI=1S/C24H28N2O4/c1-5-10-26(14-23(27)25-20-8-6-7-9-21(20)29-4)24(28)13-18-15-30-22-12-17(3)16(2)11-19(18)22/h6-9,11-12,15H,5,10,13-14H2,1-4H3,(H,25,27). The summed E-state index contributed by atoms with van der Waals surface area (Å²) in [5.41, 5.74) is 4.50. The van der Waals surface area contributed by atoms with Gasteiger partial charge in [-0.1, -0.05) is 19.1 Å². The lowest BCUT2D eigenvalue weighted by molar-refractivity contribution is -0.134. The number of nitrogens with zero attached hydrogens (tertiary/aromatic N) is 1. The molecule has 1 aromatic heterocycles. The van der Waals surface area contributed by atoms with Gasteiger partial charge < -0.3 is 19.4 Å². The highest BCUT2D eigenvalue weighted by Crippen LogP contribution is 2.26. The molecule has 3 rings (SSSR count). The second-order valence-corrected chi connectivity index (χ2v) is 7.43. The van der Waals surface area contributed by atoms with Gasteiger partial charge in [0.15, 0.2) is 0 Å². The molecule has 0 fully saturated rings. The normalized spacial score (nSPS) is 10.8. The fourth-order valence-corrected chi connectivity index (χ4v) is 3.42. The number of methoxy groups -OCH3 is 1. The summed E-state index contributed by atoms with van der Waals surface area (Å²) in [5, 5.41) is 3.78. The number of ether oxygens (including phenoxy) is 1. The monoisotopic (exact) mass is 408 g/mol. The molecule has 0 aliphatic heterocycles. The van der Waals surface area contributed by atoms with Crippen LogP contribution in [0.1, 0.15) is 30.0 Å². The smallest absolute Gasteiger partial charge is 0.244 e. The van der Waals surface area contributed by atoms with Gasteiger partial charge in [0.05, 0.1) is 32.0 Å². The van der Waals surface area contributed by atoms with E-state index in [-0.39, 0.29) is 24.8 Å². The van der Waals surface area contributed by atoms with E-state index in [0.29, 0.717) is 18.0 Å².